The maximum atomic E-state index is 13.9. The van der Waals surface area contributed by atoms with E-state index in [-0.39, 0.29) is 23.0 Å². The Labute approximate surface area is 125 Å². The normalized spacial score (nSPS) is 28.2. The molecule has 0 aliphatic heterocycles. The third-order valence-corrected chi connectivity index (χ3v) is 6.54. The highest BCUT2D eigenvalue weighted by Crippen LogP contribution is 2.44. The average Bonchev–Trinajstić information content (AvgIpc) is 3.03. The van der Waals surface area contributed by atoms with Crippen LogP contribution in [0.3, 0.4) is 0 Å². The lowest BCUT2D eigenvalue weighted by Gasteiger charge is -2.23. The van der Waals surface area contributed by atoms with Crippen LogP contribution in [0, 0.1) is 24.6 Å². The molecule has 3 unspecified atom stereocenters. The topological polar surface area (TPSA) is 72.2 Å². The first-order chi connectivity index (χ1) is 9.90. The quantitative estimate of drug-likeness (QED) is 0.894. The minimum Gasteiger partial charge on any atom is -0.326 e. The first-order valence-electron chi connectivity index (χ1n) is 7.42. The molecule has 3 atom stereocenters. The van der Waals surface area contributed by atoms with E-state index in [4.69, 9.17) is 5.73 Å². The summed E-state index contributed by atoms with van der Waals surface area (Å²) in [6, 6.07) is 2.78. The third-order valence-electron chi connectivity index (χ3n) is 4.93. The van der Waals surface area contributed by atoms with Crippen molar-refractivity contribution in [3.05, 3.63) is 29.1 Å². The largest absolute Gasteiger partial charge is 0.326 e. The van der Waals surface area contributed by atoms with E-state index in [0.717, 1.165) is 19.3 Å². The summed E-state index contributed by atoms with van der Waals surface area (Å²) >= 11 is 0. The summed E-state index contributed by atoms with van der Waals surface area (Å²) in [6.07, 6.45) is 4.32. The van der Waals surface area contributed by atoms with Crippen LogP contribution in [-0.2, 0) is 16.6 Å². The molecular weight excluding hydrogens is 291 g/mol. The Morgan fingerprint density at radius 3 is 2.67 bits per heavy atom. The van der Waals surface area contributed by atoms with Crippen molar-refractivity contribution in [2.24, 2.45) is 17.6 Å². The van der Waals surface area contributed by atoms with Crippen molar-refractivity contribution in [1.29, 1.82) is 0 Å². The Morgan fingerprint density at radius 2 is 2.10 bits per heavy atom. The Balaban J connectivity index is 1.89. The zero-order chi connectivity index (χ0) is 15.2. The van der Waals surface area contributed by atoms with Gasteiger partial charge in [0.2, 0.25) is 10.0 Å². The fourth-order valence-electron chi connectivity index (χ4n) is 3.76. The number of sulfonamides is 1. The van der Waals surface area contributed by atoms with Gasteiger partial charge in [0.1, 0.15) is 5.82 Å². The molecular formula is C15H21FN2O2S. The molecule has 2 aliphatic carbocycles. The van der Waals surface area contributed by atoms with Gasteiger partial charge in [-0.05, 0) is 55.7 Å². The molecule has 0 amide bonds. The lowest BCUT2D eigenvalue weighted by atomic mass is 9.96. The summed E-state index contributed by atoms with van der Waals surface area (Å²) in [7, 11) is -3.70. The van der Waals surface area contributed by atoms with Gasteiger partial charge >= 0.3 is 0 Å². The summed E-state index contributed by atoms with van der Waals surface area (Å²) in [6.45, 7) is 1.61. The van der Waals surface area contributed by atoms with Gasteiger partial charge in [0.15, 0.2) is 0 Å². The van der Waals surface area contributed by atoms with Crippen LogP contribution in [0.4, 0.5) is 4.39 Å². The number of fused-ring (bicyclic) bond motifs is 2. The first-order valence-corrected chi connectivity index (χ1v) is 8.90. The fraction of sp³-hybridized carbons (Fsp3) is 0.600. The first kappa shape index (κ1) is 14.9. The van der Waals surface area contributed by atoms with Crippen molar-refractivity contribution in [2.75, 3.05) is 0 Å². The van der Waals surface area contributed by atoms with E-state index >= 15 is 0 Å². The lowest BCUT2D eigenvalue weighted by Crippen LogP contribution is -2.38. The molecule has 2 bridgehead atoms. The van der Waals surface area contributed by atoms with Gasteiger partial charge < -0.3 is 5.73 Å². The smallest absolute Gasteiger partial charge is 0.241 e. The predicted octanol–water partition coefficient (Wildman–Crippen LogP) is 2.06. The molecule has 3 N–H and O–H groups in total. The van der Waals surface area contributed by atoms with Crippen LogP contribution in [-0.4, -0.2) is 14.5 Å². The lowest BCUT2D eigenvalue weighted by molar-refractivity contribution is 0.390. The van der Waals surface area contributed by atoms with Gasteiger partial charge in [-0.25, -0.2) is 17.5 Å². The molecule has 1 aromatic carbocycles. The molecule has 0 saturated heterocycles. The molecule has 2 aliphatic rings. The molecule has 0 heterocycles. The number of halogens is 1. The molecule has 3 rings (SSSR count). The van der Waals surface area contributed by atoms with Crippen LogP contribution in [0.15, 0.2) is 17.0 Å². The van der Waals surface area contributed by atoms with Crippen LogP contribution < -0.4 is 10.5 Å². The maximum Gasteiger partial charge on any atom is 0.241 e. The minimum absolute atomic E-state index is 0.00209. The van der Waals surface area contributed by atoms with E-state index in [1.165, 1.54) is 25.5 Å². The van der Waals surface area contributed by atoms with E-state index in [9.17, 15) is 12.8 Å². The summed E-state index contributed by atoms with van der Waals surface area (Å²) in [5.41, 5.74) is 6.16. The van der Waals surface area contributed by atoms with Gasteiger partial charge in [0.25, 0.3) is 0 Å². The van der Waals surface area contributed by atoms with E-state index in [1.54, 1.807) is 0 Å². The van der Waals surface area contributed by atoms with Crippen molar-refractivity contribution in [2.45, 2.75) is 50.1 Å². The summed E-state index contributed by atoms with van der Waals surface area (Å²) in [4.78, 5) is 0.0192. The summed E-state index contributed by atoms with van der Waals surface area (Å²) in [5.74, 6) is 0.565. The van der Waals surface area contributed by atoms with Crippen molar-refractivity contribution < 1.29 is 12.8 Å². The zero-order valence-corrected chi connectivity index (χ0v) is 12.9. The zero-order valence-electron chi connectivity index (χ0n) is 12.1. The highest BCUT2D eigenvalue weighted by molar-refractivity contribution is 7.89. The van der Waals surface area contributed by atoms with E-state index in [2.05, 4.69) is 4.72 Å². The Kier molecular flexibility index (Phi) is 3.80. The van der Waals surface area contributed by atoms with Crippen LogP contribution in [0.1, 0.15) is 36.8 Å². The number of hydrogen-bond acceptors (Lipinski definition) is 3. The molecule has 6 heteroatoms. The average molecular weight is 312 g/mol. The van der Waals surface area contributed by atoms with E-state index in [0.29, 0.717) is 17.4 Å². The van der Waals surface area contributed by atoms with Gasteiger partial charge in [-0.1, -0.05) is 6.42 Å². The monoisotopic (exact) mass is 312 g/mol. The van der Waals surface area contributed by atoms with E-state index < -0.39 is 15.8 Å². The molecule has 0 spiro atoms. The second-order valence-electron chi connectivity index (χ2n) is 6.31. The number of benzene rings is 1. The summed E-state index contributed by atoms with van der Waals surface area (Å²) in [5, 5.41) is 0. The molecule has 1 aromatic rings. The Hall–Kier alpha value is -0.980. The van der Waals surface area contributed by atoms with Crippen LogP contribution in [0.25, 0.3) is 0 Å². The molecule has 21 heavy (non-hydrogen) atoms. The predicted molar refractivity (Wildman–Crippen MR) is 78.6 cm³/mol. The minimum atomic E-state index is -3.70. The molecule has 0 radical (unpaired) electrons. The molecule has 116 valence electrons. The highest BCUT2D eigenvalue weighted by atomic mass is 32.2. The molecule has 4 nitrogen and oxygen atoms in total. The van der Waals surface area contributed by atoms with Gasteiger partial charge in [-0.15, -0.1) is 0 Å². The highest BCUT2D eigenvalue weighted by Gasteiger charge is 2.41. The van der Waals surface area contributed by atoms with Crippen molar-refractivity contribution >= 4 is 10.0 Å². The van der Waals surface area contributed by atoms with Gasteiger partial charge in [-0.3, -0.25) is 0 Å². The second-order valence-corrected chi connectivity index (χ2v) is 7.99. The standard InChI is InChI=1S/C15H21FN2O2S/c1-9-13(16)5-11(8-17)7-15(9)21(19,20)18-14-6-10-2-3-12(14)4-10/h5,7,10,12,14,18H,2-4,6,8,17H2,1H3. The molecule has 2 saturated carbocycles. The van der Waals surface area contributed by atoms with E-state index in [1.807, 2.05) is 0 Å². The van der Waals surface area contributed by atoms with Crippen molar-refractivity contribution in [1.82, 2.24) is 4.72 Å². The van der Waals surface area contributed by atoms with Gasteiger partial charge in [0.05, 0.1) is 4.90 Å². The number of rotatable bonds is 4. The number of hydrogen-bond donors (Lipinski definition) is 2. The van der Waals surface area contributed by atoms with Gasteiger partial charge in [0, 0.05) is 18.2 Å². The Morgan fingerprint density at radius 1 is 1.33 bits per heavy atom. The van der Waals surface area contributed by atoms with Gasteiger partial charge in [-0.2, -0.15) is 0 Å². The number of nitrogens with one attached hydrogen (secondary N) is 1. The van der Waals surface area contributed by atoms with Crippen molar-refractivity contribution in [3.8, 4) is 0 Å². The van der Waals surface area contributed by atoms with Crippen LogP contribution in [0.2, 0.25) is 0 Å². The fourth-order valence-corrected chi connectivity index (χ4v) is 5.38. The Bertz CT molecular complexity index is 660. The van der Waals surface area contributed by atoms with Crippen LogP contribution >= 0.6 is 0 Å². The van der Waals surface area contributed by atoms with Crippen molar-refractivity contribution in [3.63, 3.8) is 0 Å². The van der Waals surface area contributed by atoms with Crippen LogP contribution in [0.5, 0.6) is 0 Å². The molecule has 0 aromatic heterocycles. The molecule has 2 fully saturated rings. The number of nitrogens with two attached hydrogens (primary N) is 1. The SMILES string of the molecule is Cc1c(F)cc(CN)cc1S(=O)(=O)NC1CC2CCC1C2. The maximum absolute atomic E-state index is 13.9. The summed E-state index contributed by atoms with van der Waals surface area (Å²) < 4.78 is 41.8. The third kappa shape index (κ3) is 2.72. The second kappa shape index (κ2) is 5.34.